The molecule has 0 fully saturated rings. The second kappa shape index (κ2) is 8.72. The largest absolute Gasteiger partial charge is 0.461 e. The number of hydrogen-bond acceptors (Lipinski definition) is 4. The average molecular weight is 533 g/mol. The summed E-state index contributed by atoms with van der Waals surface area (Å²) in [6.07, 6.45) is 13.9. The Labute approximate surface area is 232 Å². The number of hydrogen-bond donors (Lipinski definition) is 2. The molecule has 2 aromatic heterocycles. The van der Waals surface area contributed by atoms with Gasteiger partial charge in [-0.25, -0.2) is 9.59 Å². The van der Waals surface area contributed by atoms with Gasteiger partial charge in [0.15, 0.2) is 0 Å². The number of fused-ring (bicyclic) bond motifs is 4. The second-order valence-corrected chi connectivity index (χ2v) is 11.6. The van der Waals surface area contributed by atoms with E-state index in [0.29, 0.717) is 48.3 Å². The first-order valence-electron chi connectivity index (χ1n) is 14.7. The zero-order valence-electron chi connectivity index (χ0n) is 22.8. The topological polar surface area (TPSA) is 84.2 Å². The van der Waals surface area contributed by atoms with E-state index in [-0.39, 0.29) is 11.9 Å². The molecule has 4 unspecified atom stereocenters. The minimum atomic E-state index is -0.364. The lowest BCUT2D eigenvalue weighted by atomic mass is 9.71. The minimum Gasteiger partial charge on any atom is -0.461 e. The highest BCUT2D eigenvalue weighted by Crippen LogP contribution is 2.50. The average Bonchev–Trinajstić information content (AvgIpc) is 3.55. The predicted octanol–water partition coefficient (Wildman–Crippen LogP) is 7.73. The molecule has 0 aliphatic heterocycles. The first-order valence-corrected chi connectivity index (χ1v) is 14.7. The van der Waals surface area contributed by atoms with Crippen LogP contribution in [0.2, 0.25) is 0 Å². The van der Waals surface area contributed by atoms with E-state index < -0.39 is 0 Å². The van der Waals surface area contributed by atoms with E-state index >= 15 is 0 Å². The van der Waals surface area contributed by atoms with Gasteiger partial charge in [-0.05, 0) is 86.1 Å². The molecular formula is C34H32N2O4. The van der Waals surface area contributed by atoms with Crippen LogP contribution >= 0.6 is 0 Å². The lowest BCUT2D eigenvalue weighted by molar-refractivity contribution is 0.0513. The molecule has 4 aromatic rings. The Morgan fingerprint density at radius 2 is 0.925 bits per heavy atom. The molecule has 4 bridgehead atoms. The fourth-order valence-corrected chi connectivity index (χ4v) is 7.70. The highest BCUT2D eigenvalue weighted by molar-refractivity contribution is 6.15. The van der Waals surface area contributed by atoms with E-state index in [1.807, 2.05) is 13.8 Å². The van der Waals surface area contributed by atoms with Crippen LogP contribution in [-0.4, -0.2) is 35.1 Å². The molecule has 6 aliphatic rings. The first-order chi connectivity index (χ1) is 19.6. The van der Waals surface area contributed by atoms with Crippen LogP contribution in [0.1, 0.15) is 106 Å². The van der Waals surface area contributed by atoms with E-state index in [1.165, 1.54) is 22.3 Å². The van der Waals surface area contributed by atoms with Crippen LogP contribution in [0, 0.1) is 0 Å². The van der Waals surface area contributed by atoms with E-state index in [2.05, 4.69) is 58.5 Å². The molecule has 0 saturated heterocycles. The Balaban J connectivity index is 1.41. The number of nitrogens with one attached hydrogen (secondary N) is 2. The summed E-state index contributed by atoms with van der Waals surface area (Å²) in [5.74, 6) is 0.822. The van der Waals surface area contributed by atoms with E-state index in [0.717, 1.165) is 58.6 Å². The zero-order valence-corrected chi connectivity index (χ0v) is 22.8. The lowest BCUT2D eigenvalue weighted by Gasteiger charge is -2.33. The summed E-state index contributed by atoms with van der Waals surface area (Å²) >= 11 is 0. The number of carbonyl (C=O) groups excluding carboxylic acids is 2. The fourth-order valence-electron chi connectivity index (χ4n) is 7.70. The molecule has 0 amide bonds. The molecule has 202 valence electrons. The van der Waals surface area contributed by atoms with Gasteiger partial charge >= 0.3 is 11.9 Å². The zero-order chi connectivity index (χ0) is 27.1. The lowest BCUT2D eigenvalue weighted by Crippen LogP contribution is -2.17. The summed E-state index contributed by atoms with van der Waals surface area (Å²) < 4.78 is 11.0. The van der Waals surface area contributed by atoms with Crippen LogP contribution in [-0.2, 0) is 9.47 Å². The van der Waals surface area contributed by atoms with Crippen LogP contribution in [0.5, 0.6) is 0 Å². The van der Waals surface area contributed by atoms with Gasteiger partial charge in [-0.15, -0.1) is 0 Å². The Bertz CT molecular complexity index is 1670. The Hall–Kier alpha value is -4.06. The SMILES string of the molecule is CCOC(=O)c1[nH]c(-c2[nH]c(C(=O)OCC)c3cc4c(cc23)C2C=CC4CC2)c2cc3c(cc12)C1C=CC3CC1. The number of rotatable bonds is 5. The van der Waals surface area contributed by atoms with Crippen molar-refractivity contribution in [2.45, 2.75) is 63.2 Å². The second-order valence-electron chi connectivity index (χ2n) is 11.6. The van der Waals surface area contributed by atoms with Crippen molar-refractivity contribution in [1.29, 1.82) is 0 Å². The highest BCUT2D eigenvalue weighted by atomic mass is 16.5. The normalized spacial score (nSPS) is 23.6. The summed E-state index contributed by atoms with van der Waals surface area (Å²) in [5, 5.41) is 3.68. The predicted molar refractivity (Wildman–Crippen MR) is 155 cm³/mol. The molecule has 0 spiro atoms. The number of aromatic nitrogens is 2. The van der Waals surface area contributed by atoms with Crippen molar-refractivity contribution >= 4 is 33.5 Å². The molecule has 40 heavy (non-hydrogen) atoms. The molecule has 2 N–H and O–H groups in total. The molecule has 2 heterocycles. The quantitative estimate of drug-likeness (QED) is 0.203. The molecule has 0 saturated carbocycles. The standard InChI is InChI=1S/C34H32N2O4/c1-3-39-33(37)31-27-15-23-19-9-5-17(6-10-19)21(23)13-25(27)29(35-31)30-26-14-22-18-7-11-20(12-8-18)24(22)16-28(26)32(36-30)34(38)40-4-2/h5,7,9,11,13-20,35-36H,3-4,6,8,10,12H2,1-2H3. The van der Waals surface area contributed by atoms with E-state index in [1.54, 1.807) is 0 Å². The van der Waals surface area contributed by atoms with Crippen molar-refractivity contribution < 1.29 is 19.1 Å². The van der Waals surface area contributed by atoms with Crippen LogP contribution < -0.4 is 0 Å². The Morgan fingerprint density at radius 3 is 1.23 bits per heavy atom. The van der Waals surface area contributed by atoms with Gasteiger partial charge in [0.1, 0.15) is 11.4 Å². The molecule has 0 radical (unpaired) electrons. The summed E-state index contributed by atoms with van der Waals surface area (Å²) in [6.45, 7) is 4.25. The smallest absolute Gasteiger partial charge is 0.355 e. The van der Waals surface area contributed by atoms with Gasteiger partial charge in [0.2, 0.25) is 0 Å². The number of aromatic amines is 2. The van der Waals surface area contributed by atoms with Crippen LogP contribution in [0.15, 0.2) is 48.6 Å². The third kappa shape index (κ3) is 3.28. The molecule has 6 aliphatic carbocycles. The van der Waals surface area contributed by atoms with Crippen molar-refractivity contribution in [3.05, 3.63) is 82.2 Å². The van der Waals surface area contributed by atoms with Crippen molar-refractivity contribution in [3.8, 4) is 11.4 Å². The monoisotopic (exact) mass is 532 g/mol. The maximum Gasteiger partial charge on any atom is 0.355 e. The number of benzene rings is 2. The summed E-state index contributed by atoms with van der Waals surface area (Å²) in [7, 11) is 0. The summed E-state index contributed by atoms with van der Waals surface area (Å²) in [5.41, 5.74) is 7.82. The van der Waals surface area contributed by atoms with Crippen LogP contribution in [0.3, 0.4) is 0 Å². The molecular weight excluding hydrogens is 500 g/mol. The van der Waals surface area contributed by atoms with Gasteiger partial charge < -0.3 is 19.4 Å². The number of H-pyrrole nitrogens is 2. The fraction of sp³-hybridized carbons (Fsp3) is 0.353. The number of ether oxygens (including phenoxy) is 2. The van der Waals surface area contributed by atoms with Crippen LogP contribution in [0.4, 0.5) is 0 Å². The number of allylic oxidation sites excluding steroid dienone is 4. The van der Waals surface area contributed by atoms with Gasteiger partial charge in [0, 0.05) is 45.2 Å². The number of esters is 2. The molecule has 2 aromatic carbocycles. The van der Waals surface area contributed by atoms with Gasteiger partial charge in [-0.2, -0.15) is 0 Å². The van der Waals surface area contributed by atoms with Crippen molar-refractivity contribution in [3.63, 3.8) is 0 Å². The van der Waals surface area contributed by atoms with Gasteiger partial charge in [-0.3, -0.25) is 0 Å². The van der Waals surface area contributed by atoms with E-state index in [9.17, 15) is 9.59 Å². The third-order valence-electron chi connectivity index (χ3n) is 9.56. The van der Waals surface area contributed by atoms with Crippen molar-refractivity contribution in [2.75, 3.05) is 13.2 Å². The molecule has 4 atom stereocenters. The maximum absolute atomic E-state index is 13.2. The third-order valence-corrected chi connectivity index (χ3v) is 9.56. The first kappa shape index (κ1) is 23.8. The minimum absolute atomic E-state index is 0.299. The van der Waals surface area contributed by atoms with Crippen LogP contribution in [0.25, 0.3) is 32.9 Å². The molecule has 10 rings (SSSR count). The summed E-state index contributed by atoms with van der Waals surface area (Å²) in [6, 6.07) is 8.92. The Morgan fingerprint density at radius 1 is 0.600 bits per heavy atom. The maximum atomic E-state index is 13.2. The van der Waals surface area contributed by atoms with E-state index in [4.69, 9.17) is 9.47 Å². The summed E-state index contributed by atoms with van der Waals surface area (Å²) in [4.78, 5) is 33.3. The van der Waals surface area contributed by atoms with Gasteiger partial charge in [0.25, 0.3) is 0 Å². The van der Waals surface area contributed by atoms with Crippen molar-refractivity contribution in [2.24, 2.45) is 0 Å². The Kier molecular flexibility index (Phi) is 5.19. The van der Waals surface area contributed by atoms with Gasteiger partial charge in [0.05, 0.1) is 24.6 Å². The number of carbonyl (C=O) groups is 2. The molecule has 6 nitrogen and oxygen atoms in total. The van der Waals surface area contributed by atoms with Gasteiger partial charge in [-0.1, -0.05) is 24.3 Å². The highest BCUT2D eigenvalue weighted by Gasteiger charge is 2.34. The van der Waals surface area contributed by atoms with Crippen molar-refractivity contribution in [1.82, 2.24) is 9.97 Å². The molecule has 6 heteroatoms.